The third-order valence-corrected chi connectivity index (χ3v) is 6.90. The van der Waals surface area contributed by atoms with Crippen LogP contribution in [-0.4, -0.2) is 49.2 Å². The number of rotatable bonds is 8. The molecule has 2 aromatic carbocycles. The minimum absolute atomic E-state index is 0.101. The van der Waals surface area contributed by atoms with Crippen LogP contribution in [0.5, 0.6) is 10.9 Å². The number of anilines is 2. The lowest BCUT2D eigenvalue weighted by atomic mass is 10.1. The Morgan fingerprint density at radius 3 is 2.60 bits per heavy atom. The molecular weight excluding hydrogens is 494 g/mol. The van der Waals surface area contributed by atoms with Crippen molar-refractivity contribution in [3.8, 4) is 26.6 Å². The number of hydrogen-bond acceptors (Lipinski definition) is 12. The molecule has 3 aromatic heterocycles. The van der Waals surface area contributed by atoms with E-state index in [9.17, 15) is 15.2 Å². The van der Waals surface area contributed by atoms with Gasteiger partial charge in [-0.15, -0.1) is 15.3 Å². The Kier molecular flexibility index (Phi) is 5.98. The zero-order valence-corrected chi connectivity index (χ0v) is 20.0. The van der Waals surface area contributed by atoms with Gasteiger partial charge >= 0.3 is 0 Å². The van der Waals surface area contributed by atoms with E-state index < -0.39 is 4.92 Å². The van der Waals surface area contributed by atoms with E-state index in [1.165, 1.54) is 35.8 Å². The van der Waals surface area contributed by atoms with Crippen LogP contribution in [0.15, 0.2) is 42.5 Å². The number of benzene rings is 2. The van der Waals surface area contributed by atoms with Gasteiger partial charge < -0.3 is 19.9 Å². The van der Waals surface area contributed by atoms with Crippen molar-refractivity contribution >= 4 is 50.8 Å². The zero-order chi connectivity index (χ0) is 24.5. The minimum atomic E-state index is -0.458. The summed E-state index contributed by atoms with van der Waals surface area (Å²) in [4.78, 5) is 11.3. The van der Waals surface area contributed by atoms with Crippen LogP contribution in [-0.2, 0) is 6.61 Å². The molecule has 3 heterocycles. The van der Waals surface area contributed by atoms with Crippen LogP contribution in [0.3, 0.4) is 0 Å². The second-order valence-electron chi connectivity index (χ2n) is 7.06. The Morgan fingerprint density at radius 1 is 1.09 bits per heavy atom. The summed E-state index contributed by atoms with van der Waals surface area (Å²) in [6.45, 7) is -0.266. The molecule has 0 radical (unpaired) electrons. The highest BCUT2D eigenvalue weighted by molar-refractivity contribution is 7.16. The highest BCUT2D eigenvalue weighted by Gasteiger charge is 2.27. The zero-order valence-electron chi connectivity index (χ0n) is 18.3. The third-order valence-electron chi connectivity index (χ3n) is 5.11. The molecule has 0 amide bonds. The maximum absolute atomic E-state index is 11.7. The molecule has 35 heavy (non-hydrogen) atoms. The predicted octanol–water partition coefficient (Wildman–Crippen LogP) is 4.16. The monoisotopic (exact) mass is 511 g/mol. The Bertz CT molecular complexity index is 1540. The number of aliphatic hydroxyl groups excluding tert-OH is 1. The van der Waals surface area contributed by atoms with Gasteiger partial charge in [-0.3, -0.25) is 14.7 Å². The number of hydrogen-bond donors (Lipinski definition) is 2. The van der Waals surface area contributed by atoms with Crippen LogP contribution in [0.4, 0.5) is 17.2 Å². The molecule has 0 atom stereocenters. The number of nitrogens with one attached hydrogen (secondary N) is 1. The summed E-state index contributed by atoms with van der Waals surface area (Å²) in [5.41, 5.74) is 1.52. The van der Waals surface area contributed by atoms with Gasteiger partial charge in [-0.1, -0.05) is 39.9 Å². The summed E-state index contributed by atoms with van der Waals surface area (Å²) in [7, 11) is 3.07. The lowest BCUT2D eigenvalue weighted by Gasteiger charge is -2.11. The molecular formula is C21H17N7O5S2. The van der Waals surface area contributed by atoms with Crippen molar-refractivity contribution in [2.24, 2.45) is 0 Å². The second-order valence-corrected chi connectivity index (χ2v) is 9.04. The molecule has 0 aliphatic rings. The first-order valence-corrected chi connectivity index (χ1v) is 11.7. The molecule has 5 aromatic rings. The topological polar surface area (TPSA) is 150 Å². The molecule has 5 rings (SSSR count). The fourth-order valence-corrected chi connectivity index (χ4v) is 5.03. The second kappa shape index (κ2) is 9.25. The number of ether oxygens (including phenoxy) is 2. The molecule has 12 nitrogen and oxygen atoms in total. The summed E-state index contributed by atoms with van der Waals surface area (Å²) in [5.74, 6) is 1.07. The number of fused-ring (bicyclic) bond motifs is 1. The summed E-state index contributed by atoms with van der Waals surface area (Å²) in [6.07, 6.45) is 0. The van der Waals surface area contributed by atoms with Gasteiger partial charge in [-0.05, 0) is 24.3 Å². The number of aromatic nitrogens is 5. The van der Waals surface area contributed by atoms with Gasteiger partial charge in [0.15, 0.2) is 5.01 Å². The van der Waals surface area contributed by atoms with Crippen LogP contribution in [0.1, 0.15) is 5.01 Å². The lowest BCUT2D eigenvalue weighted by Crippen LogP contribution is -2.03. The molecule has 0 bridgehead atoms. The Morgan fingerprint density at radius 2 is 1.91 bits per heavy atom. The van der Waals surface area contributed by atoms with E-state index in [4.69, 9.17) is 9.47 Å². The van der Waals surface area contributed by atoms with Crippen LogP contribution in [0.2, 0.25) is 0 Å². The first-order valence-electron chi connectivity index (χ1n) is 10.1. The van der Waals surface area contributed by atoms with Crippen molar-refractivity contribution in [2.75, 3.05) is 19.5 Å². The SMILES string of the molecule is COc1ccc2c(c1)c(-c1nnc(OC)s1)c(Nc1ccccc1[N+](=O)[O-])n2-c1nnc(CO)s1. The normalized spacial score (nSPS) is 11.1. The molecule has 14 heteroatoms. The summed E-state index contributed by atoms with van der Waals surface area (Å²) in [5, 5.41) is 43.6. The van der Waals surface area contributed by atoms with E-state index in [2.05, 4.69) is 25.7 Å². The maximum atomic E-state index is 11.7. The number of nitrogens with zero attached hydrogens (tertiary/aromatic N) is 6. The van der Waals surface area contributed by atoms with Gasteiger partial charge in [0.1, 0.15) is 22.3 Å². The smallest absolute Gasteiger partial charge is 0.294 e. The number of nitro groups is 1. The van der Waals surface area contributed by atoms with E-state index in [1.807, 2.05) is 12.1 Å². The van der Waals surface area contributed by atoms with Crippen LogP contribution in [0, 0.1) is 10.1 Å². The molecule has 0 fully saturated rings. The van der Waals surface area contributed by atoms with E-state index in [1.54, 1.807) is 35.9 Å². The van der Waals surface area contributed by atoms with Crippen LogP contribution < -0.4 is 14.8 Å². The molecule has 0 saturated heterocycles. The summed E-state index contributed by atoms with van der Waals surface area (Å²) < 4.78 is 12.5. The van der Waals surface area contributed by atoms with Gasteiger partial charge in [0, 0.05) is 11.5 Å². The Balaban J connectivity index is 1.85. The maximum Gasteiger partial charge on any atom is 0.294 e. The average Bonchev–Trinajstić information content (AvgIpc) is 3.60. The van der Waals surface area contributed by atoms with Gasteiger partial charge in [0.05, 0.1) is 36.8 Å². The molecule has 2 N–H and O–H groups in total. The van der Waals surface area contributed by atoms with Gasteiger partial charge in [-0.25, -0.2) is 0 Å². The molecule has 0 aliphatic carbocycles. The van der Waals surface area contributed by atoms with Crippen LogP contribution >= 0.6 is 22.7 Å². The number of methoxy groups -OCH3 is 2. The van der Waals surface area contributed by atoms with Crippen molar-refractivity contribution in [3.63, 3.8) is 0 Å². The minimum Gasteiger partial charge on any atom is -0.497 e. The summed E-state index contributed by atoms with van der Waals surface area (Å²) in [6, 6.07) is 11.8. The summed E-state index contributed by atoms with van der Waals surface area (Å²) >= 11 is 2.42. The van der Waals surface area contributed by atoms with Gasteiger partial charge in [0.25, 0.3) is 10.9 Å². The van der Waals surface area contributed by atoms with Crippen molar-refractivity contribution in [1.29, 1.82) is 0 Å². The van der Waals surface area contributed by atoms with Crippen molar-refractivity contribution in [1.82, 2.24) is 25.0 Å². The van der Waals surface area contributed by atoms with E-state index >= 15 is 0 Å². The first-order chi connectivity index (χ1) is 17.0. The number of aliphatic hydroxyl groups is 1. The average molecular weight is 512 g/mol. The molecule has 0 saturated carbocycles. The van der Waals surface area contributed by atoms with Crippen molar-refractivity contribution in [2.45, 2.75) is 6.61 Å². The Hall–Kier alpha value is -4.14. The largest absolute Gasteiger partial charge is 0.497 e. The fourth-order valence-electron chi connectivity index (χ4n) is 3.59. The first kappa shape index (κ1) is 22.6. The highest BCUT2D eigenvalue weighted by atomic mass is 32.1. The third kappa shape index (κ3) is 4.03. The molecule has 0 spiro atoms. The molecule has 178 valence electrons. The Labute approximate surface area is 205 Å². The quantitative estimate of drug-likeness (QED) is 0.229. The van der Waals surface area contributed by atoms with Gasteiger partial charge in [-0.2, -0.15) is 0 Å². The van der Waals surface area contributed by atoms with Gasteiger partial charge in [0.2, 0.25) is 5.13 Å². The van der Waals surface area contributed by atoms with Crippen LogP contribution in [0.25, 0.3) is 26.6 Å². The van der Waals surface area contributed by atoms with E-state index in [0.717, 1.165) is 10.9 Å². The highest BCUT2D eigenvalue weighted by Crippen LogP contribution is 2.45. The number of nitro benzene ring substituents is 1. The predicted molar refractivity (Wildman–Crippen MR) is 131 cm³/mol. The number of para-hydroxylation sites is 2. The molecule has 0 aliphatic heterocycles. The van der Waals surface area contributed by atoms with E-state index in [-0.39, 0.29) is 18.0 Å². The van der Waals surface area contributed by atoms with Crippen molar-refractivity contribution in [3.05, 3.63) is 57.6 Å². The molecule has 0 unspecified atom stereocenters. The van der Waals surface area contributed by atoms with E-state index in [0.29, 0.717) is 37.5 Å². The standard InChI is InChI=1S/C21H17N7O5S2/c1-32-11-7-8-14-12(9-11)17(19-24-26-21(33-2)35-19)18(27(14)20-25-23-16(10-29)34-20)22-13-5-3-4-6-15(13)28(30)31/h3-9,22,29H,10H2,1-2H3. The fraction of sp³-hybridized carbons (Fsp3) is 0.143. The lowest BCUT2D eigenvalue weighted by molar-refractivity contribution is -0.383. The van der Waals surface area contributed by atoms with Crippen molar-refractivity contribution < 1.29 is 19.5 Å².